The highest BCUT2D eigenvalue weighted by Crippen LogP contribution is 2.36. The summed E-state index contributed by atoms with van der Waals surface area (Å²) in [5.74, 6) is 0. The molecule has 0 amide bonds. The van der Waals surface area contributed by atoms with Crippen LogP contribution in [-0.4, -0.2) is 13.7 Å². The lowest BCUT2D eigenvalue weighted by atomic mass is 9.38. The standard InChI is InChI=1S/C30H42BSi/c1-4-7-25-31(26-8-5-2,27-9-6-3)32(28-19-13-10-14-20-28,29-21-15-11-16-22-29)30-23-17-12-18-24-30/h10-24H,4-9,25-27H2,1-3H3/q-1. The minimum absolute atomic E-state index is 0.600. The van der Waals surface area contributed by atoms with Crippen molar-refractivity contribution in [1.82, 2.24) is 0 Å². The van der Waals surface area contributed by atoms with Crippen molar-refractivity contribution in [1.29, 1.82) is 0 Å². The van der Waals surface area contributed by atoms with E-state index in [0.29, 0.717) is 0 Å². The lowest BCUT2D eigenvalue weighted by molar-refractivity contribution is 0.804. The number of rotatable bonds is 13. The Labute approximate surface area is 198 Å². The minimum Gasteiger partial charge on any atom is -0.178 e. The maximum absolute atomic E-state index is 2.46. The Bertz CT molecular complexity index is 773. The van der Waals surface area contributed by atoms with Gasteiger partial charge in [-0.2, -0.15) is 19.0 Å². The molecule has 170 valence electrons. The average molecular weight is 442 g/mol. The summed E-state index contributed by atoms with van der Waals surface area (Å²) in [4.78, 5) is 0. The molecule has 0 radical (unpaired) electrons. The number of hydrogen-bond donors (Lipinski definition) is 0. The van der Waals surface area contributed by atoms with Crippen molar-refractivity contribution in [2.24, 2.45) is 0 Å². The Balaban J connectivity index is 2.43. The van der Waals surface area contributed by atoms with E-state index < -0.39 is 13.7 Å². The van der Waals surface area contributed by atoms with Crippen LogP contribution in [0.5, 0.6) is 0 Å². The number of benzene rings is 3. The molecule has 0 saturated heterocycles. The van der Waals surface area contributed by atoms with Gasteiger partial charge in [0, 0.05) is 13.7 Å². The van der Waals surface area contributed by atoms with Crippen LogP contribution in [0.2, 0.25) is 19.0 Å². The van der Waals surface area contributed by atoms with Crippen molar-refractivity contribution in [3.8, 4) is 0 Å². The molecule has 0 saturated carbocycles. The van der Waals surface area contributed by atoms with E-state index in [-0.39, 0.29) is 0 Å². The molecule has 0 nitrogen and oxygen atoms in total. The van der Waals surface area contributed by atoms with Gasteiger partial charge >= 0.3 is 0 Å². The Morgan fingerprint density at radius 2 is 0.750 bits per heavy atom. The SMILES string of the molecule is CCCC[B-](CCCC)(CCCC)[Si](c1ccccc1)(c1ccccc1)c1ccccc1. The van der Waals surface area contributed by atoms with Gasteiger partial charge in [-0.1, -0.05) is 166 Å². The molecule has 0 heterocycles. The molecular weight excluding hydrogens is 399 g/mol. The molecule has 32 heavy (non-hydrogen) atoms. The first kappa shape index (κ1) is 24.6. The number of hydrogen-bond acceptors (Lipinski definition) is 0. The van der Waals surface area contributed by atoms with Crippen LogP contribution in [0.15, 0.2) is 91.0 Å². The molecule has 0 spiro atoms. The molecule has 0 aliphatic rings. The fourth-order valence-electron chi connectivity index (χ4n) is 6.53. The van der Waals surface area contributed by atoms with Crippen molar-refractivity contribution >= 4 is 29.2 Å². The summed E-state index contributed by atoms with van der Waals surface area (Å²) in [5.41, 5.74) is -0.600. The van der Waals surface area contributed by atoms with Crippen LogP contribution in [0.3, 0.4) is 0 Å². The van der Waals surface area contributed by atoms with Crippen LogP contribution in [0, 0.1) is 0 Å². The summed E-state index contributed by atoms with van der Waals surface area (Å²) in [6.45, 7) is 7.12. The molecule has 0 unspecified atom stereocenters. The van der Waals surface area contributed by atoms with E-state index in [1.54, 1.807) is 15.6 Å². The third kappa shape index (κ3) is 4.96. The normalized spacial score (nSPS) is 12.1. The third-order valence-electron chi connectivity index (χ3n) is 7.94. The van der Waals surface area contributed by atoms with E-state index in [4.69, 9.17) is 0 Å². The van der Waals surface area contributed by atoms with E-state index in [1.807, 2.05) is 0 Å². The first-order valence-corrected chi connectivity index (χ1v) is 15.2. The van der Waals surface area contributed by atoms with Gasteiger partial charge in [-0.3, -0.25) is 0 Å². The maximum atomic E-state index is 2.46. The molecule has 0 N–H and O–H groups in total. The third-order valence-corrected chi connectivity index (χ3v) is 14.4. The van der Waals surface area contributed by atoms with Crippen LogP contribution in [0.4, 0.5) is 0 Å². The average Bonchev–Trinajstić information content (AvgIpc) is 2.87. The first-order chi connectivity index (χ1) is 15.7. The Kier molecular flexibility index (Phi) is 9.41. The van der Waals surface area contributed by atoms with Gasteiger partial charge in [-0.15, -0.1) is 0 Å². The predicted octanol–water partition coefficient (Wildman–Crippen LogP) is 7.08. The van der Waals surface area contributed by atoms with E-state index >= 15 is 0 Å². The molecule has 0 aliphatic carbocycles. The van der Waals surface area contributed by atoms with Crippen molar-refractivity contribution in [2.45, 2.75) is 78.3 Å². The molecule has 0 atom stereocenters. The summed E-state index contributed by atoms with van der Waals surface area (Å²) in [6, 6.07) is 35.1. The van der Waals surface area contributed by atoms with Crippen LogP contribution in [0.1, 0.15) is 59.3 Å². The second kappa shape index (κ2) is 12.3. The molecule has 0 fully saturated rings. The second-order valence-electron chi connectivity index (χ2n) is 9.81. The van der Waals surface area contributed by atoms with Crippen molar-refractivity contribution in [2.75, 3.05) is 0 Å². The second-order valence-corrected chi connectivity index (χ2v) is 14.4. The lowest BCUT2D eigenvalue weighted by Crippen LogP contribution is -2.82. The Hall–Kier alpha value is -2.06. The molecule has 3 aromatic rings. The molecular formula is C30H42BSi-. The van der Waals surface area contributed by atoms with Crippen LogP contribution in [-0.2, 0) is 0 Å². The number of unbranched alkanes of at least 4 members (excludes halogenated alkanes) is 3. The smallest absolute Gasteiger partial charge is 0.0192 e. The van der Waals surface area contributed by atoms with Crippen molar-refractivity contribution in [3.05, 3.63) is 91.0 Å². The van der Waals surface area contributed by atoms with Crippen LogP contribution >= 0.6 is 0 Å². The van der Waals surface area contributed by atoms with Crippen molar-refractivity contribution < 1.29 is 0 Å². The van der Waals surface area contributed by atoms with Crippen LogP contribution < -0.4 is 15.6 Å². The van der Waals surface area contributed by atoms with Gasteiger partial charge < -0.3 is 0 Å². The quantitative estimate of drug-likeness (QED) is 0.196. The largest absolute Gasteiger partial charge is 0.178 e. The molecule has 0 bridgehead atoms. The van der Waals surface area contributed by atoms with Gasteiger partial charge in [0.1, 0.15) is 0 Å². The predicted molar refractivity (Wildman–Crippen MR) is 149 cm³/mol. The highest BCUT2D eigenvalue weighted by Gasteiger charge is 2.49. The molecule has 0 aromatic heterocycles. The lowest BCUT2D eigenvalue weighted by Gasteiger charge is -2.57. The summed E-state index contributed by atoms with van der Waals surface area (Å²) in [6.07, 6.45) is 12.0. The highest BCUT2D eigenvalue weighted by molar-refractivity contribution is 7.56. The van der Waals surface area contributed by atoms with Gasteiger partial charge in [-0.25, -0.2) is 0 Å². The van der Waals surface area contributed by atoms with E-state index in [9.17, 15) is 0 Å². The fraction of sp³-hybridized carbons (Fsp3) is 0.400. The highest BCUT2D eigenvalue weighted by atomic mass is 28.3. The van der Waals surface area contributed by atoms with Gasteiger partial charge in [0.2, 0.25) is 0 Å². The maximum Gasteiger partial charge on any atom is 0.0192 e. The fourth-order valence-corrected chi connectivity index (χ4v) is 13.7. The summed E-state index contributed by atoms with van der Waals surface area (Å²) in [7, 11) is -2.25. The first-order valence-electron chi connectivity index (χ1n) is 13.1. The zero-order valence-electron chi connectivity index (χ0n) is 20.6. The van der Waals surface area contributed by atoms with Crippen molar-refractivity contribution in [3.63, 3.8) is 0 Å². The van der Waals surface area contributed by atoms with E-state index in [1.165, 1.54) is 57.5 Å². The summed E-state index contributed by atoms with van der Waals surface area (Å²) < 4.78 is 0. The van der Waals surface area contributed by atoms with Gasteiger partial charge in [0.15, 0.2) is 0 Å². The Morgan fingerprint density at radius 1 is 0.469 bits per heavy atom. The minimum atomic E-state index is -2.25. The topological polar surface area (TPSA) is 0 Å². The molecule has 3 rings (SSSR count). The Morgan fingerprint density at radius 3 is 1.00 bits per heavy atom. The van der Waals surface area contributed by atoms with E-state index in [0.717, 1.165) is 0 Å². The zero-order valence-corrected chi connectivity index (χ0v) is 21.6. The van der Waals surface area contributed by atoms with E-state index in [2.05, 4.69) is 112 Å². The van der Waals surface area contributed by atoms with Gasteiger partial charge in [0.25, 0.3) is 0 Å². The zero-order chi connectivity index (χ0) is 22.7. The molecule has 0 aliphatic heterocycles. The monoisotopic (exact) mass is 441 g/mol. The molecule has 3 aromatic carbocycles. The summed E-state index contributed by atoms with van der Waals surface area (Å²) in [5, 5.41) is 4.84. The van der Waals surface area contributed by atoms with Crippen LogP contribution in [0.25, 0.3) is 0 Å². The molecule has 2 heteroatoms. The van der Waals surface area contributed by atoms with Gasteiger partial charge in [-0.05, 0) is 0 Å². The summed E-state index contributed by atoms with van der Waals surface area (Å²) >= 11 is 0. The van der Waals surface area contributed by atoms with Gasteiger partial charge in [0.05, 0.1) is 0 Å².